The molecule has 0 bridgehead atoms. The van der Waals surface area contributed by atoms with Crippen LogP contribution in [0.3, 0.4) is 0 Å². The third kappa shape index (κ3) is 2.24. The van der Waals surface area contributed by atoms with Crippen molar-refractivity contribution in [2.45, 2.75) is 52.9 Å². The van der Waals surface area contributed by atoms with Crippen LogP contribution in [0.15, 0.2) is 4.52 Å². The van der Waals surface area contributed by atoms with Crippen LogP contribution in [-0.4, -0.2) is 5.16 Å². The second-order valence-corrected chi connectivity index (χ2v) is 5.10. The smallest absolute Gasteiger partial charge is 0.140 e. The van der Waals surface area contributed by atoms with E-state index in [0.29, 0.717) is 0 Å². The number of aryl methyl sites for hydroxylation is 2. The highest BCUT2D eigenvalue weighted by Gasteiger charge is 2.20. The fourth-order valence-electron chi connectivity index (χ4n) is 2.62. The van der Waals surface area contributed by atoms with Crippen LogP contribution < -0.4 is 0 Å². The highest BCUT2D eigenvalue weighted by Crippen LogP contribution is 2.29. The summed E-state index contributed by atoms with van der Waals surface area (Å²) in [4.78, 5) is 0. The second kappa shape index (κ2) is 4.38. The molecule has 0 amide bonds. The van der Waals surface area contributed by atoms with Crippen LogP contribution in [-0.2, 0) is 12.8 Å². The third-order valence-electron chi connectivity index (χ3n) is 3.75. The standard InChI is InChI=1S/C13H21NO/c1-9(2)11-5-4-6-12-10(3)14-15-13(12)8-7-11/h9,11H,4-8H2,1-3H3. The predicted molar refractivity (Wildman–Crippen MR) is 60.8 cm³/mol. The van der Waals surface area contributed by atoms with Gasteiger partial charge in [-0.3, -0.25) is 0 Å². The highest BCUT2D eigenvalue weighted by molar-refractivity contribution is 5.22. The molecule has 1 aliphatic rings. The number of fused-ring (bicyclic) bond motifs is 1. The summed E-state index contributed by atoms with van der Waals surface area (Å²) < 4.78 is 5.40. The first-order valence-electron chi connectivity index (χ1n) is 6.12. The first-order chi connectivity index (χ1) is 7.18. The van der Waals surface area contributed by atoms with Gasteiger partial charge in [0.2, 0.25) is 0 Å². The van der Waals surface area contributed by atoms with Crippen LogP contribution in [0.25, 0.3) is 0 Å². The van der Waals surface area contributed by atoms with Crippen molar-refractivity contribution in [3.63, 3.8) is 0 Å². The van der Waals surface area contributed by atoms with Gasteiger partial charge in [-0.15, -0.1) is 0 Å². The zero-order valence-corrected chi connectivity index (χ0v) is 10.0. The monoisotopic (exact) mass is 207 g/mol. The first-order valence-corrected chi connectivity index (χ1v) is 6.12. The normalized spacial score (nSPS) is 22.3. The SMILES string of the molecule is Cc1noc2c1CCCC(C(C)C)CC2. The lowest BCUT2D eigenvalue weighted by Gasteiger charge is -2.22. The summed E-state index contributed by atoms with van der Waals surface area (Å²) in [5.41, 5.74) is 2.49. The molecule has 0 N–H and O–H groups in total. The second-order valence-electron chi connectivity index (χ2n) is 5.10. The third-order valence-corrected chi connectivity index (χ3v) is 3.75. The maximum Gasteiger partial charge on any atom is 0.140 e. The molecule has 2 heteroatoms. The van der Waals surface area contributed by atoms with Crippen molar-refractivity contribution in [3.8, 4) is 0 Å². The Labute approximate surface area is 92.0 Å². The van der Waals surface area contributed by atoms with E-state index in [1.54, 1.807) is 0 Å². The van der Waals surface area contributed by atoms with Crippen LogP contribution in [0.1, 0.15) is 50.1 Å². The van der Waals surface area contributed by atoms with E-state index < -0.39 is 0 Å². The fourth-order valence-corrected chi connectivity index (χ4v) is 2.62. The average Bonchev–Trinajstić information content (AvgIpc) is 2.46. The van der Waals surface area contributed by atoms with E-state index in [1.165, 1.54) is 24.8 Å². The Morgan fingerprint density at radius 2 is 2.07 bits per heavy atom. The molecule has 1 aromatic heterocycles. The minimum atomic E-state index is 0.801. The molecular formula is C13H21NO. The number of rotatable bonds is 1. The van der Waals surface area contributed by atoms with Gasteiger partial charge in [0.15, 0.2) is 0 Å². The van der Waals surface area contributed by atoms with E-state index in [1.807, 2.05) is 0 Å². The Morgan fingerprint density at radius 3 is 2.80 bits per heavy atom. The van der Waals surface area contributed by atoms with E-state index in [2.05, 4.69) is 25.9 Å². The summed E-state index contributed by atoms with van der Waals surface area (Å²) in [5.74, 6) is 2.82. The molecule has 0 aromatic carbocycles. The zero-order valence-electron chi connectivity index (χ0n) is 10.0. The van der Waals surface area contributed by atoms with Gasteiger partial charge in [-0.2, -0.15) is 0 Å². The topological polar surface area (TPSA) is 26.0 Å². The predicted octanol–water partition coefficient (Wildman–Crippen LogP) is 3.52. The van der Waals surface area contributed by atoms with Gasteiger partial charge in [0.1, 0.15) is 5.76 Å². The van der Waals surface area contributed by atoms with Crippen molar-refractivity contribution in [1.82, 2.24) is 5.16 Å². The maximum absolute atomic E-state index is 5.40. The van der Waals surface area contributed by atoms with Crippen LogP contribution in [0, 0.1) is 18.8 Å². The van der Waals surface area contributed by atoms with E-state index in [4.69, 9.17) is 4.52 Å². The van der Waals surface area contributed by atoms with Crippen LogP contribution >= 0.6 is 0 Å². The summed E-state index contributed by atoms with van der Waals surface area (Å²) in [5, 5.41) is 4.08. The highest BCUT2D eigenvalue weighted by atomic mass is 16.5. The van der Waals surface area contributed by atoms with Crippen molar-refractivity contribution >= 4 is 0 Å². The molecule has 0 fully saturated rings. The van der Waals surface area contributed by atoms with Crippen molar-refractivity contribution in [2.75, 3.05) is 0 Å². The fraction of sp³-hybridized carbons (Fsp3) is 0.769. The van der Waals surface area contributed by atoms with Gasteiger partial charge in [0.25, 0.3) is 0 Å². The van der Waals surface area contributed by atoms with Crippen molar-refractivity contribution in [2.24, 2.45) is 11.8 Å². The zero-order chi connectivity index (χ0) is 10.8. The van der Waals surface area contributed by atoms with Crippen molar-refractivity contribution in [3.05, 3.63) is 17.0 Å². The molecule has 1 aromatic rings. The van der Waals surface area contributed by atoms with E-state index >= 15 is 0 Å². The Kier molecular flexibility index (Phi) is 3.13. The molecule has 1 aliphatic carbocycles. The molecule has 0 spiro atoms. The summed E-state index contributed by atoms with van der Waals surface area (Å²) in [6, 6.07) is 0. The summed E-state index contributed by atoms with van der Waals surface area (Å²) >= 11 is 0. The summed E-state index contributed by atoms with van der Waals surface area (Å²) in [6.45, 7) is 6.72. The van der Waals surface area contributed by atoms with Crippen molar-refractivity contribution < 1.29 is 4.52 Å². The van der Waals surface area contributed by atoms with Gasteiger partial charge in [0, 0.05) is 12.0 Å². The van der Waals surface area contributed by atoms with Gasteiger partial charge in [0.05, 0.1) is 5.69 Å². The molecule has 1 heterocycles. The quantitative estimate of drug-likeness (QED) is 0.704. The van der Waals surface area contributed by atoms with Gasteiger partial charge < -0.3 is 4.52 Å². The van der Waals surface area contributed by atoms with Crippen LogP contribution in [0.4, 0.5) is 0 Å². The molecular weight excluding hydrogens is 186 g/mol. The lowest BCUT2D eigenvalue weighted by atomic mass is 9.83. The van der Waals surface area contributed by atoms with Gasteiger partial charge in [-0.25, -0.2) is 0 Å². The number of nitrogens with zero attached hydrogens (tertiary/aromatic N) is 1. The van der Waals surface area contributed by atoms with E-state index in [9.17, 15) is 0 Å². The molecule has 0 saturated heterocycles. The summed E-state index contributed by atoms with van der Waals surface area (Å²) in [7, 11) is 0. The van der Waals surface area contributed by atoms with E-state index in [-0.39, 0.29) is 0 Å². The minimum absolute atomic E-state index is 0.801. The first kappa shape index (κ1) is 10.7. The van der Waals surface area contributed by atoms with Gasteiger partial charge in [-0.05, 0) is 44.4 Å². The Balaban J connectivity index is 2.12. The van der Waals surface area contributed by atoms with E-state index in [0.717, 1.165) is 36.1 Å². The lowest BCUT2D eigenvalue weighted by molar-refractivity contribution is 0.300. The molecule has 1 unspecified atom stereocenters. The molecule has 0 radical (unpaired) electrons. The van der Waals surface area contributed by atoms with Gasteiger partial charge >= 0.3 is 0 Å². The Hall–Kier alpha value is -0.790. The van der Waals surface area contributed by atoms with Crippen LogP contribution in [0.2, 0.25) is 0 Å². The molecule has 1 atom stereocenters. The molecule has 2 nitrogen and oxygen atoms in total. The maximum atomic E-state index is 5.40. The Morgan fingerprint density at radius 1 is 1.27 bits per heavy atom. The molecule has 84 valence electrons. The average molecular weight is 207 g/mol. The minimum Gasteiger partial charge on any atom is -0.361 e. The number of hydrogen-bond acceptors (Lipinski definition) is 2. The summed E-state index contributed by atoms with van der Waals surface area (Å²) in [6.07, 6.45) is 6.16. The number of aromatic nitrogens is 1. The number of hydrogen-bond donors (Lipinski definition) is 0. The molecule has 2 rings (SSSR count). The Bertz CT molecular complexity index is 327. The lowest BCUT2D eigenvalue weighted by Crippen LogP contribution is -2.13. The van der Waals surface area contributed by atoms with Gasteiger partial charge in [-0.1, -0.05) is 19.0 Å². The van der Waals surface area contributed by atoms with Crippen molar-refractivity contribution in [1.29, 1.82) is 0 Å². The molecule has 0 saturated carbocycles. The van der Waals surface area contributed by atoms with Crippen LogP contribution in [0.5, 0.6) is 0 Å². The largest absolute Gasteiger partial charge is 0.361 e. The molecule has 15 heavy (non-hydrogen) atoms. The molecule has 0 aliphatic heterocycles.